The first-order valence-electron chi connectivity index (χ1n) is 5.00. The van der Waals surface area contributed by atoms with Crippen molar-refractivity contribution >= 4 is 5.97 Å². The molecule has 1 rings (SSSR count). The number of rotatable bonds is 5. The third-order valence-corrected chi connectivity index (χ3v) is 1.95. The Morgan fingerprint density at radius 1 is 1.33 bits per heavy atom. The van der Waals surface area contributed by atoms with Gasteiger partial charge in [0.2, 0.25) is 0 Å². The Bertz CT molecular complexity index is 303. The Morgan fingerprint density at radius 2 is 2.00 bits per heavy atom. The van der Waals surface area contributed by atoms with Crippen molar-refractivity contribution in [1.82, 2.24) is 0 Å². The molecule has 0 aromatic heterocycles. The van der Waals surface area contributed by atoms with Crippen LogP contribution in [0.5, 0.6) is 0 Å². The molecule has 0 fully saturated rings. The fourth-order valence-electron chi connectivity index (χ4n) is 1.24. The monoisotopic (exact) mass is 207 g/mol. The van der Waals surface area contributed by atoms with Crippen LogP contribution < -0.4 is 0 Å². The molecule has 0 saturated heterocycles. The molecule has 15 heavy (non-hydrogen) atoms. The third-order valence-electron chi connectivity index (χ3n) is 1.95. The van der Waals surface area contributed by atoms with Crippen LogP contribution in [-0.4, -0.2) is 12.6 Å². The van der Waals surface area contributed by atoms with E-state index in [9.17, 15) is 4.79 Å². The van der Waals surface area contributed by atoms with Crippen LogP contribution >= 0.6 is 0 Å². The summed E-state index contributed by atoms with van der Waals surface area (Å²) in [6, 6.07) is 7.31. The van der Waals surface area contributed by atoms with Gasteiger partial charge in [-0.15, -0.1) is 0 Å². The van der Waals surface area contributed by atoms with Crippen LogP contribution in [-0.2, 0) is 16.2 Å². The van der Waals surface area contributed by atoms with Gasteiger partial charge in [-0.3, -0.25) is 4.89 Å². The number of hydrogen-bond acceptors (Lipinski definition) is 3. The lowest BCUT2D eigenvalue weighted by molar-refractivity contribution is -0.232. The fraction of sp³-hybridized carbons (Fsp3) is 0.333. The largest absolute Gasteiger partial charge is 0.373 e. The summed E-state index contributed by atoms with van der Waals surface area (Å²) in [5.74, 6) is -0.485. The molecule has 0 aliphatic heterocycles. The SMILES string of the molecule is [CH2]COOC(=O)c1ccc(CCC)cc1. The van der Waals surface area contributed by atoms with E-state index < -0.39 is 5.97 Å². The highest BCUT2D eigenvalue weighted by molar-refractivity contribution is 5.88. The van der Waals surface area contributed by atoms with Gasteiger partial charge in [-0.2, -0.15) is 4.89 Å². The maximum absolute atomic E-state index is 11.3. The average Bonchev–Trinajstić information content (AvgIpc) is 2.27. The van der Waals surface area contributed by atoms with Gasteiger partial charge in [0, 0.05) is 0 Å². The number of aryl methyl sites for hydroxylation is 1. The molecule has 3 heteroatoms. The molecule has 0 atom stereocenters. The van der Waals surface area contributed by atoms with Crippen molar-refractivity contribution in [3.63, 3.8) is 0 Å². The average molecular weight is 207 g/mol. The highest BCUT2D eigenvalue weighted by Gasteiger charge is 2.07. The second kappa shape index (κ2) is 6.19. The highest BCUT2D eigenvalue weighted by atomic mass is 17.2. The molecule has 0 amide bonds. The number of hydrogen-bond donors (Lipinski definition) is 0. The van der Waals surface area contributed by atoms with E-state index in [1.165, 1.54) is 5.56 Å². The smallest absolute Gasteiger partial charge is 0.293 e. The lowest BCUT2D eigenvalue weighted by atomic mass is 10.1. The fourth-order valence-corrected chi connectivity index (χ4v) is 1.24. The molecule has 0 heterocycles. The summed E-state index contributed by atoms with van der Waals surface area (Å²) in [4.78, 5) is 20.2. The molecule has 0 spiro atoms. The second-order valence-corrected chi connectivity index (χ2v) is 3.14. The summed E-state index contributed by atoms with van der Waals surface area (Å²) >= 11 is 0. The molecule has 0 bridgehead atoms. The summed E-state index contributed by atoms with van der Waals surface area (Å²) in [6.45, 7) is 5.62. The minimum absolute atomic E-state index is 0.111. The molecular formula is C12H15O3. The number of carbonyl (C=O) groups excluding carboxylic acids is 1. The van der Waals surface area contributed by atoms with Crippen molar-refractivity contribution in [2.75, 3.05) is 6.61 Å². The topological polar surface area (TPSA) is 35.5 Å². The van der Waals surface area contributed by atoms with Gasteiger partial charge in [0.15, 0.2) is 0 Å². The van der Waals surface area contributed by atoms with E-state index in [1.54, 1.807) is 12.1 Å². The van der Waals surface area contributed by atoms with Gasteiger partial charge in [-0.25, -0.2) is 4.79 Å². The standard InChI is InChI=1S/C12H15O3/c1-3-5-10-6-8-11(9-7-10)12(13)15-14-4-2/h6-9H,2-5H2,1H3. The van der Waals surface area contributed by atoms with Crippen molar-refractivity contribution < 1.29 is 14.6 Å². The van der Waals surface area contributed by atoms with E-state index >= 15 is 0 Å². The molecule has 0 aliphatic rings. The number of benzene rings is 1. The Kier molecular flexibility index (Phi) is 4.84. The second-order valence-electron chi connectivity index (χ2n) is 3.14. The minimum atomic E-state index is -0.485. The predicted octanol–water partition coefficient (Wildman–Crippen LogP) is 2.56. The molecule has 1 aromatic rings. The lowest BCUT2D eigenvalue weighted by Gasteiger charge is -2.02. The van der Waals surface area contributed by atoms with Crippen molar-refractivity contribution in [3.05, 3.63) is 42.3 Å². The summed E-state index contributed by atoms with van der Waals surface area (Å²) in [7, 11) is 0. The normalized spacial score (nSPS) is 10.0. The van der Waals surface area contributed by atoms with Crippen molar-refractivity contribution in [2.24, 2.45) is 0 Å². The van der Waals surface area contributed by atoms with E-state index in [1.807, 2.05) is 12.1 Å². The summed E-state index contributed by atoms with van der Waals surface area (Å²) in [6.07, 6.45) is 2.11. The zero-order valence-corrected chi connectivity index (χ0v) is 8.86. The molecule has 0 unspecified atom stereocenters. The molecule has 1 radical (unpaired) electrons. The molecule has 1 aromatic carbocycles. The summed E-state index contributed by atoms with van der Waals surface area (Å²) in [5.41, 5.74) is 1.70. The molecule has 0 aliphatic carbocycles. The van der Waals surface area contributed by atoms with Gasteiger partial charge in [0.05, 0.1) is 12.2 Å². The van der Waals surface area contributed by atoms with Crippen LogP contribution in [0.2, 0.25) is 0 Å². The Balaban J connectivity index is 2.58. The van der Waals surface area contributed by atoms with Crippen molar-refractivity contribution in [2.45, 2.75) is 19.8 Å². The van der Waals surface area contributed by atoms with Crippen molar-refractivity contribution in [1.29, 1.82) is 0 Å². The molecular weight excluding hydrogens is 192 g/mol. The summed E-state index contributed by atoms with van der Waals surface area (Å²) in [5, 5.41) is 0. The quantitative estimate of drug-likeness (QED) is 0.550. The molecule has 81 valence electrons. The van der Waals surface area contributed by atoms with Gasteiger partial charge in [0.1, 0.15) is 0 Å². The van der Waals surface area contributed by atoms with Gasteiger partial charge < -0.3 is 0 Å². The maximum Gasteiger partial charge on any atom is 0.373 e. The van der Waals surface area contributed by atoms with Gasteiger partial charge in [-0.1, -0.05) is 25.5 Å². The first-order valence-corrected chi connectivity index (χ1v) is 5.00. The first-order chi connectivity index (χ1) is 7.27. The highest BCUT2D eigenvalue weighted by Crippen LogP contribution is 2.07. The van der Waals surface area contributed by atoms with Crippen LogP contribution in [0.25, 0.3) is 0 Å². The van der Waals surface area contributed by atoms with Crippen LogP contribution in [0.4, 0.5) is 0 Å². The van der Waals surface area contributed by atoms with Crippen LogP contribution in [0.3, 0.4) is 0 Å². The maximum atomic E-state index is 11.3. The van der Waals surface area contributed by atoms with Crippen LogP contribution in [0.1, 0.15) is 29.3 Å². The minimum Gasteiger partial charge on any atom is -0.293 e. The van der Waals surface area contributed by atoms with Gasteiger partial charge in [0.25, 0.3) is 0 Å². The Hall–Kier alpha value is -1.35. The Morgan fingerprint density at radius 3 is 2.53 bits per heavy atom. The molecule has 0 N–H and O–H groups in total. The molecule has 0 saturated carbocycles. The zero-order valence-electron chi connectivity index (χ0n) is 8.86. The zero-order chi connectivity index (χ0) is 11.1. The van der Waals surface area contributed by atoms with Gasteiger partial charge >= 0.3 is 5.97 Å². The van der Waals surface area contributed by atoms with Crippen LogP contribution in [0.15, 0.2) is 24.3 Å². The first kappa shape index (κ1) is 11.7. The van der Waals surface area contributed by atoms with Crippen molar-refractivity contribution in [3.8, 4) is 0 Å². The molecule has 3 nitrogen and oxygen atoms in total. The van der Waals surface area contributed by atoms with E-state index in [0.717, 1.165) is 12.8 Å². The van der Waals surface area contributed by atoms with E-state index in [-0.39, 0.29) is 6.61 Å². The predicted molar refractivity (Wildman–Crippen MR) is 57.2 cm³/mol. The lowest BCUT2D eigenvalue weighted by Crippen LogP contribution is -2.05. The summed E-state index contributed by atoms with van der Waals surface area (Å²) < 4.78 is 0. The van der Waals surface area contributed by atoms with Crippen LogP contribution in [0, 0.1) is 6.92 Å². The Labute approximate surface area is 89.9 Å². The van der Waals surface area contributed by atoms with E-state index in [4.69, 9.17) is 0 Å². The third kappa shape index (κ3) is 3.72. The van der Waals surface area contributed by atoms with Gasteiger partial charge in [-0.05, 0) is 31.0 Å². The number of carbonyl (C=O) groups is 1. The van der Waals surface area contributed by atoms with E-state index in [2.05, 4.69) is 23.6 Å². The van der Waals surface area contributed by atoms with E-state index in [0.29, 0.717) is 5.56 Å².